The van der Waals surface area contributed by atoms with Crippen molar-refractivity contribution in [3.05, 3.63) is 23.4 Å². The molecule has 116 valence electrons. The first-order chi connectivity index (χ1) is 9.93. The molecule has 1 atom stereocenters. The number of methoxy groups -OCH3 is 1. The van der Waals surface area contributed by atoms with Crippen molar-refractivity contribution in [2.75, 3.05) is 7.11 Å². The number of nitrogens with zero attached hydrogens (tertiary/aromatic N) is 5. The zero-order valence-corrected chi connectivity index (χ0v) is 13.2. The lowest BCUT2D eigenvalue weighted by Crippen LogP contribution is -2.14. The lowest BCUT2D eigenvalue weighted by molar-refractivity contribution is 0.168. The predicted molar refractivity (Wildman–Crippen MR) is 78.0 cm³/mol. The van der Waals surface area contributed by atoms with Gasteiger partial charge in [0, 0.05) is 20.0 Å². The van der Waals surface area contributed by atoms with Crippen molar-refractivity contribution in [3.63, 3.8) is 0 Å². The Kier molecular flexibility index (Phi) is 4.62. The van der Waals surface area contributed by atoms with Crippen LogP contribution in [0.15, 0.2) is 6.33 Å². The molecule has 0 aromatic carbocycles. The lowest BCUT2D eigenvalue weighted by Gasteiger charge is -2.13. The second kappa shape index (κ2) is 6.26. The molecule has 0 spiro atoms. The monoisotopic (exact) mass is 293 g/mol. The highest BCUT2D eigenvalue weighted by Crippen LogP contribution is 2.29. The maximum Gasteiger partial charge on any atom is 0.217 e. The molecule has 0 aliphatic rings. The molecular formula is C14H23N5O2. The Morgan fingerprint density at radius 2 is 2.10 bits per heavy atom. The van der Waals surface area contributed by atoms with E-state index in [4.69, 9.17) is 4.74 Å². The van der Waals surface area contributed by atoms with Crippen LogP contribution >= 0.6 is 0 Å². The van der Waals surface area contributed by atoms with Gasteiger partial charge in [0.05, 0.1) is 24.5 Å². The van der Waals surface area contributed by atoms with Crippen molar-refractivity contribution in [3.8, 4) is 5.88 Å². The summed E-state index contributed by atoms with van der Waals surface area (Å²) < 4.78 is 8.80. The summed E-state index contributed by atoms with van der Waals surface area (Å²) in [5.74, 6) is 1.81. The van der Waals surface area contributed by atoms with Crippen LogP contribution in [0.25, 0.3) is 0 Å². The third-order valence-corrected chi connectivity index (χ3v) is 3.35. The Labute approximate surface area is 124 Å². The summed E-state index contributed by atoms with van der Waals surface area (Å²) in [6.45, 7) is 6.89. The number of aryl methyl sites for hydroxylation is 2. The van der Waals surface area contributed by atoms with E-state index < -0.39 is 6.10 Å². The second-order valence-corrected chi connectivity index (χ2v) is 5.60. The van der Waals surface area contributed by atoms with E-state index in [1.54, 1.807) is 18.8 Å². The summed E-state index contributed by atoms with van der Waals surface area (Å²) in [7, 11) is 3.37. The Balaban J connectivity index is 2.22. The topological polar surface area (TPSA) is 78.0 Å². The van der Waals surface area contributed by atoms with E-state index in [0.29, 0.717) is 23.8 Å². The zero-order chi connectivity index (χ0) is 15.6. The Morgan fingerprint density at radius 1 is 1.38 bits per heavy atom. The van der Waals surface area contributed by atoms with E-state index in [2.05, 4.69) is 29.0 Å². The fourth-order valence-corrected chi connectivity index (χ4v) is 2.50. The largest absolute Gasteiger partial charge is 0.481 e. The molecule has 1 N–H and O–H groups in total. The van der Waals surface area contributed by atoms with E-state index in [0.717, 1.165) is 18.1 Å². The van der Waals surface area contributed by atoms with E-state index >= 15 is 0 Å². The number of hydrogen-bond donors (Lipinski definition) is 1. The Morgan fingerprint density at radius 3 is 2.71 bits per heavy atom. The van der Waals surface area contributed by atoms with Gasteiger partial charge in [-0.25, -0.2) is 14.3 Å². The van der Waals surface area contributed by atoms with Crippen LogP contribution < -0.4 is 4.74 Å². The molecule has 0 amide bonds. The number of aromatic nitrogens is 5. The van der Waals surface area contributed by atoms with E-state index in [-0.39, 0.29) is 0 Å². The Hall–Kier alpha value is -1.89. The van der Waals surface area contributed by atoms with Crippen LogP contribution in [-0.4, -0.2) is 36.8 Å². The van der Waals surface area contributed by atoms with Crippen molar-refractivity contribution in [2.45, 2.75) is 39.8 Å². The van der Waals surface area contributed by atoms with Crippen LogP contribution in [0.4, 0.5) is 0 Å². The number of aliphatic hydroxyl groups is 1. The third-order valence-electron chi connectivity index (χ3n) is 3.35. The minimum Gasteiger partial charge on any atom is -0.481 e. The Bertz CT molecular complexity index is 603. The zero-order valence-electron chi connectivity index (χ0n) is 13.2. The van der Waals surface area contributed by atoms with Crippen molar-refractivity contribution in [1.29, 1.82) is 0 Å². The number of hydrogen-bond acceptors (Lipinski definition) is 5. The van der Waals surface area contributed by atoms with Crippen LogP contribution in [0.1, 0.15) is 37.0 Å². The van der Waals surface area contributed by atoms with Gasteiger partial charge < -0.3 is 9.84 Å². The molecule has 2 aromatic heterocycles. The summed E-state index contributed by atoms with van der Waals surface area (Å²) in [4.78, 5) is 4.25. The summed E-state index contributed by atoms with van der Waals surface area (Å²) in [5, 5.41) is 19.1. The van der Waals surface area contributed by atoms with Gasteiger partial charge >= 0.3 is 0 Å². The van der Waals surface area contributed by atoms with Gasteiger partial charge in [-0.2, -0.15) is 10.2 Å². The van der Waals surface area contributed by atoms with Gasteiger partial charge in [-0.3, -0.25) is 0 Å². The van der Waals surface area contributed by atoms with Crippen molar-refractivity contribution in [2.24, 2.45) is 13.0 Å². The number of rotatable bonds is 6. The molecule has 0 aliphatic heterocycles. The standard InChI is InChI=1S/C14H23N5O2/c1-9(2)7-19-12(15-8-16-19)6-11(20)13-10(3)17-18(4)14(13)21-5/h8-9,11,20H,6-7H2,1-5H3. The maximum atomic E-state index is 10.5. The smallest absolute Gasteiger partial charge is 0.217 e. The SMILES string of the molecule is COc1c(C(O)Cc2ncnn2CC(C)C)c(C)nn1C. The molecule has 7 heteroatoms. The maximum absolute atomic E-state index is 10.5. The van der Waals surface area contributed by atoms with Gasteiger partial charge in [0.2, 0.25) is 5.88 Å². The first-order valence-electron chi connectivity index (χ1n) is 7.06. The van der Waals surface area contributed by atoms with Gasteiger partial charge in [0.15, 0.2) is 0 Å². The van der Waals surface area contributed by atoms with Crippen molar-refractivity contribution < 1.29 is 9.84 Å². The van der Waals surface area contributed by atoms with Gasteiger partial charge in [-0.1, -0.05) is 13.8 Å². The fraction of sp³-hybridized carbons (Fsp3) is 0.643. The molecule has 0 fully saturated rings. The first kappa shape index (κ1) is 15.5. The van der Waals surface area contributed by atoms with Crippen LogP contribution in [0.2, 0.25) is 0 Å². The minimum absolute atomic E-state index is 0.385. The molecule has 0 radical (unpaired) electrons. The summed E-state index contributed by atoms with van der Waals surface area (Å²) >= 11 is 0. The lowest BCUT2D eigenvalue weighted by atomic mass is 10.1. The van der Waals surface area contributed by atoms with Gasteiger partial charge in [0.25, 0.3) is 0 Å². The minimum atomic E-state index is -0.719. The molecular weight excluding hydrogens is 270 g/mol. The molecule has 0 bridgehead atoms. The first-order valence-corrected chi connectivity index (χ1v) is 7.06. The van der Waals surface area contributed by atoms with Crippen LogP contribution in [-0.2, 0) is 20.0 Å². The fourth-order valence-electron chi connectivity index (χ4n) is 2.50. The van der Waals surface area contributed by atoms with Gasteiger partial charge in [-0.15, -0.1) is 0 Å². The van der Waals surface area contributed by atoms with Crippen molar-refractivity contribution in [1.82, 2.24) is 24.5 Å². The molecule has 0 aliphatic carbocycles. The second-order valence-electron chi connectivity index (χ2n) is 5.60. The van der Waals surface area contributed by atoms with Gasteiger partial charge in [0.1, 0.15) is 12.2 Å². The summed E-state index contributed by atoms with van der Waals surface area (Å²) in [5.41, 5.74) is 1.47. The number of ether oxygens (including phenoxy) is 1. The third kappa shape index (κ3) is 3.24. The molecule has 7 nitrogen and oxygen atoms in total. The molecule has 0 saturated carbocycles. The summed E-state index contributed by atoms with van der Waals surface area (Å²) in [6, 6.07) is 0. The highest BCUT2D eigenvalue weighted by atomic mass is 16.5. The van der Waals surface area contributed by atoms with Crippen LogP contribution in [0, 0.1) is 12.8 Å². The van der Waals surface area contributed by atoms with E-state index in [1.165, 1.54) is 6.33 Å². The van der Waals surface area contributed by atoms with Crippen LogP contribution in [0.3, 0.4) is 0 Å². The average Bonchev–Trinajstić information content (AvgIpc) is 2.92. The molecule has 2 aromatic rings. The number of aliphatic hydroxyl groups excluding tert-OH is 1. The highest BCUT2D eigenvalue weighted by Gasteiger charge is 2.23. The normalized spacial score (nSPS) is 12.9. The molecule has 0 saturated heterocycles. The molecule has 21 heavy (non-hydrogen) atoms. The van der Waals surface area contributed by atoms with E-state index in [9.17, 15) is 5.11 Å². The average molecular weight is 293 g/mol. The predicted octanol–water partition coefficient (Wildman–Crippen LogP) is 1.26. The summed E-state index contributed by atoms with van der Waals surface area (Å²) in [6.07, 6.45) is 1.19. The molecule has 1 unspecified atom stereocenters. The van der Waals surface area contributed by atoms with Crippen molar-refractivity contribution >= 4 is 0 Å². The van der Waals surface area contributed by atoms with Crippen LogP contribution in [0.5, 0.6) is 5.88 Å². The quantitative estimate of drug-likeness (QED) is 0.867. The van der Waals surface area contributed by atoms with E-state index in [1.807, 2.05) is 11.6 Å². The molecule has 2 rings (SSSR count). The molecule has 2 heterocycles. The van der Waals surface area contributed by atoms with Gasteiger partial charge in [-0.05, 0) is 12.8 Å². The highest BCUT2D eigenvalue weighted by molar-refractivity contribution is 5.33.